The zero-order chi connectivity index (χ0) is 12.5. The van der Waals surface area contributed by atoms with Crippen molar-refractivity contribution in [1.82, 2.24) is 10.2 Å². The Kier molecular flexibility index (Phi) is 3.07. The summed E-state index contributed by atoms with van der Waals surface area (Å²) in [6, 6.07) is 4.75. The van der Waals surface area contributed by atoms with Gasteiger partial charge in [0.2, 0.25) is 5.13 Å². The van der Waals surface area contributed by atoms with Crippen LogP contribution in [0.3, 0.4) is 0 Å². The summed E-state index contributed by atoms with van der Waals surface area (Å²) in [5.41, 5.74) is 0. The van der Waals surface area contributed by atoms with Crippen LogP contribution in [0.4, 0.5) is 9.52 Å². The number of sulfonamides is 1. The van der Waals surface area contributed by atoms with Crippen molar-refractivity contribution in [2.75, 3.05) is 4.72 Å². The minimum Gasteiger partial charge on any atom is -0.253 e. The number of aryl methyl sites for hydroxylation is 1. The lowest BCUT2D eigenvalue weighted by molar-refractivity contribution is 0.595. The second-order valence-corrected chi connectivity index (χ2v) is 6.05. The minimum absolute atomic E-state index is 0.148. The van der Waals surface area contributed by atoms with Crippen molar-refractivity contribution in [3.8, 4) is 0 Å². The van der Waals surface area contributed by atoms with E-state index in [0.29, 0.717) is 5.01 Å². The molecule has 0 bridgehead atoms. The first-order valence-electron chi connectivity index (χ1n) is 4.56. The molecule has 0 amide bonds. The molecule has 5 nitrogen and oxygen atoms in total. The third-order valence-electron chi connectivity index (χ3n) is 1.85. The molecular weight excluding hydrogens is 265 g/mol. The van der Waals surface area contributed by atoms with Gasteiger partial charge in [-0.25, -0.2) is 12.8 Å². The number of hydrogen-bond acceptors (Lipinski definition) is 5. The molecule has 0 atom stereocenters. The number of anilines is 1. The Morgan fingerprint density at radius 1 is 1.35 bits per heavy atom. The van der Waals surface area contributed by atoms with E-state index in [2.05, 4.69) is 14.9 Å². The van der Waals surface area contributed by atoms with Gasteiger partial charge in [0.1, 0.15) is 10.8 Å². The maximum absolute atomic E-state index is 12.9. The molecule has 0 fully saturated rings. The lowest BCUT2D eigenvalue weighted by Gasteiger charge is -2.04. The van der Waals surface area contributed by atoms with Gasteiger partial charge < -0.3 is 0 Å². The molecular formula is C9H8FN3O2S2. The molecule has 1 aromatic carbocycles. The second kappa shape index (κ2) is 4.38. The molecule has 0 aliphatic carbocycles. The Labute approximate surface area is 101 Å². The molecule has 0 aliphatic heterocycles. The average Bonchev–Trinajstić information content (AvgIpc) is 2.63. The lowest BCUT2D eigenvalue weighted by atomic mass is 10.4. The summed E-state index contributed by atoms with van der Waals surface area (Å²) in [7, 11) is -3.80. The fourth-order valence-electron chi connectivity index (χ4n) is 1.15. The number of benzene rings is 1. The Balaban J connectivity index is 2.31. The number of nitrogens with zero attached hydrogens (tertiary/aromatic N) is 2. The molecule has 0 saturated heterocycles. The number of hydrogen-bond donors (Lipinski definition) is 1. The summed E-state index contributed by atoms with van der Waals surface area (Å²) < 4.78 is 38.8. The standard InChI is InChI=1S/C9H8FN3O2S2/c1-6-11-12-9(16-6)13-17(14,15)8-4-2-3-7(10)5-8/h2-5H,1H3,(H,12,13). The van der Waals surface area contributed by atoms with E-state index in [0.717, 1.165) is 17.4 Å². The summed E-state index contributed by atoms with van der Waals surface area (Å²) in [4.78, 5) is -0.148. The van der Waals surface area contributed by atoms with Crippen LogP contribution in [0.1, 0.15) is 5.01 Å². The third-order valence-corrected chi connectivity index (χ3v) is 4.07. The smallest absolute Gasteiger partial charge is 0.253 e. The maximum Gasteiger partial charge on any atom is 0.263 e. The maximum atomic E-state index is 12.9. The molecule has 90 valence electrons. The van der Waals surface area contributed by atoms with E-state index in [-0.39, 0.29) is 10.0 Å². The van der Waals surface area contributed by atoms with Crippen LogP contribution in [-0.4, -0.2) is 18.6 Å². The Morgan fingerprint density at radius 2 is 2.12 bits per heavy atom. The minimum atomic E-state index is -3.80. The van der Waals surface area contributed by atoms with Gasteiger partial charge in [-0.2, -0.15) is 0 Å². The summed E-state index contributed by atoms with van der Waals surface area (Å²) in [6.45, 7) is 1.71. The largest absolute Gasteiger partial charge is 0.263 e. The van der Waals surface area contributed by atoms with Crippen molar-refractivity contribution in [3.05, 3.63) is 35.1 Å². The van der Waals surface area contributed by atoms with Gasteiger partial charge in [-0.1, -0.05) is 17.4 Å². The Hall–Kier alpha value is -1.54. The van der Waals surface area contributed by atoms with E-state index in [9.17, 15) is 12.8 Å². The van der Waals surface area contributed by atoms with Crippen LogP contribution in [0.15, 0.2) is 29.2 Å². The third kappa shape index (κ3) is 2.77. The highest BCUT2D eigenvalue weighted by atomic mass is 32.2. The van der Waals surface area contributed by atoms with E-state index in [1.807, 2.05) is 0 Å². The number of aromatic nitrogens is 2. The zero-order valence-electron chi connectivity index (χ0n) is 8.71. The molecule has 0 unspecified atom stereocenters. The topological polar surface area (TPSA) is 72.0 Å². The van der Waals surface area contributed by atoms with Crippen molar-refractivity contribution in [2.24, 2.45) is 0 Å². The van der Waals surface area contributed by atoms with Crippen LogP contribution in [0.25, 0.3) is 0 Å². The quantitative estimate of drug-likeness (QED) is 0.925. The predicted molar refractivity (Wildman–Crippen MR) is 61.9 cm³/mol. The molecule has 0 aliphatic rings. The van der Waals surface area contributed by atoms with Crippen LogP contribution >= 0.6 is 11.3 Å². The van der Waals surface area contributed by atoms with E-state index in [1.165, 1.54) is 18.2 Å². The lowest BCUT2D eigenvalue weighted by Crippen LogP contribution is -2.12. The first-order valence-corrected chi connectivity index (χ1v) is 6.86. The predicted octanol–water partition coefficient (Wildman–Crippen LogP) is 1.79. The van der Waals surface area contributed by atoms with Gasteiger partial charge in [-0.15, -0.1) is 10.2 Å². The van der Waals surface area contributed by atoms with Gasteiger partial charge in [0.15, 0.2) is 0 Å². The summed E-state index contributed by atoms with van der Waals surface area (Å²) in [5, 5.41) is 8.11. The second-order valence-electron chi connectivity index (χ2n) is 3.19. The zero-order valence-corrected chi connectivity index (χ0v) is 10.3. The van der Waals surface area contributed by atoms with Gasteiger partial charge >= 0.3 is 0 Å². The molecule has 0 saturated carbocycles. The fourth-order valence-corrected chi connectivity index (χ4v) is 3.00. The van der Waals surface area contributed by atoms with Crippen molar-refractivity contribution in [3.63, 3.8) is 0 Å². The van der Waals surface area contributed by atoms with Gasteiger partial charge in [-0.3, -0.25) is 4.72 Å². The summed E-state index contributed by atoms with van der Waals surface area (Å²) in [5.74, 6) is -0.610. The highest BCUT2D eigenvalue weighted by Gasteiger charge is 2.16. The molecule has 8 heteroatoms. The fraction of sp³-hybridized carbons (Fsp3) is 0.111. The van der Waals surface area contributed by atoms with E-state index in [1.54, 1.807) is 6.92 Å². The first-order chi connectivity index (χ1) is 7.97. The van der Waals surface area contributed by atoms with Crippen molar-refractivity contribution in [1.29, 1.82) is 0 Å². The molecule has 2 aromatic rings. The normalized spacial score (nSPS) is 11.4. The van der Waals surface area contributed by atoms with Gasteiger partial charge in [0.25, 0.3) is 10.0 Å². The van der Waals surface area contributed by atoms with E-state index >= 15 is 0 Å². The number of halogens is 1. The number of rotatable bonds is 3. The van der Waals surface area contributed by atoms with Gasteiger partial charge in [0, 0.05) is 0 Å². The van der Waals surface area contributed by atoms with Crippen LogP contribution in [-0.2, 0) is 10.0 Å². The molecule has 17 heavy (non-hydrogen) atoms. The Morgan fingerprint density at radius 3 is 2.71 bits per heavy atom. The van der Waals surface area contributed by atoms with Crippen LogP contribution in [0.2, 0.25) is 0 Å². The van der Waals surface area contributed by atoms with Crippen LogP contribution < -0.4 is 4.72 Å². The summed E-state index contributed by atoms with van der Waals surface area (Å²) in [6.07, 6.45) is 0. The highest BCUT2D eigenvalue weighted by Crippen LogP contribution is 2.19. The van der Waals surface area contributed by atoms with Gasteiger partial charge in [-0.05, 0) is 25.1 Å². The molecule has 0 spiro atoms. The van der Waals surface area contributed by atoms with Crippen LogP contribution in [0.5, 0.6) is 0 Å². The average molecular weight is 273 g/mol. The van der Waals surface area contributed by atoms with E-state index < -0.39 is 15.8 Å². The molecule has 1 heterocycles. The van der Waals surface area contributed by atoms with Crippen molar-refractivity contribution < 1.29 is 12.8 Å². The van der Waals surface area contributed by atoms with Crippen LogP contribution in [0, 0.1) is 12.7 Å². The SMILES string of the molecule is Cc1nnc(NS(=O)(=O)c2cccc(F)c2)s1. The van der Waals surface area contributed by atoms with Crippen molar-refractivity contribution >= 4 is 26.5 Å². The molecule has 1 N–H and O–H groups in total. The molecule has 1 aromatic heterocycles. The monoisotopic (exact) mass is 273 g/mol. The first kappa shape index (κ1) is 11.9. The van der Waals surface area contributed by atoms with E-state index in [4.69, 9.17) is 0 Å². The van der Waals surface area contributed by atoms with Crippen molar-refractivity contribution in [2.45, 2.75) is 11.8 Å². The molecule has 2 rings (SSSR count). The molecule has 0 radical (unpaired) electrons. The van der Waals surface area contributed by atoms with Gasteiger partial charge in [0.05, 0.1) is 4.90 Å². The highest BCUT2D eigenvalue weighted by molar-refractivity contribution is 7.93. The number of nitrogens with one attached hydrogen (secondary N) is 1. The Bertz CT molecular complexity index is 639. The summed E-state index contributed by atoms with van der Waals surface area (Å²) >= 11 is 1.11.